The van der Waals surface area contributed by atoms with Crippen LogP contribution in [0.3, 0.4) is 0 Å². The highest BCUT2D eigenvalue weighted by molar-refractivity contribution is 7.88. The summed E-state index contributed by atoms with van der Waals surface area (Å²) < 4.78 is 41.3. The summed E-state index contributed by atoms with van der Waals surface area (Å²) in [6.45, 7) is 1.66. The minimum atomic E-state index is -3.28. The van der Waals surface area contributed by atoms with Gasteiger partial charge in [-0.25, -0.2) is 22.3 Å². The molecule has 0 bridgehead atoms. The van der Waals surface area contributed by atoms with Crippen molar-refractivity contribution in [3.05, 3.63) is 41.7 Å². The minimum absolute atomic E-state index is 0.0218. The van der Waals surface area contributed by atoms with E-state index in [-0.39, 0.29) is 19.0 Å². The smallest absolute Gasteiger partial charge is 0.331 e. The van der Waals surface area contributed by atoms with Crippen LogP contribution in [0.5, 0.6) is 0 Å². The van der Waals surface area contributed by atoms with E-state index in [1.54, 1.807) is 19.1 Å². The van der Waals surface area contributed by atoms with Crippen molar-refractivity contribution in [3.63, 3.8) is 0 Å². The molecule has 0 saturated heterocycles. The second-order valence-corrected chi connectivity index (χ2v) is 6.00. The molecule has 0 fully saturated rings. The molecule has 1 aromatic rings. The molecule has 5 nitrogen and oxygen atoms in total. The average Bonchev–Trinajstić information content (AvgIpc) is 2.34. The lowest BCUT2D eigenvalue weighted by Crippen LogP contribution is -2.26. The summed E-state index contributed by atoms with van der Waals surface area (Å²) in [6, 6.07) is 5.71. The molecule has 110 valence electrons. The van der Waals surface area contributed by atoms with E-state index in [0.29, 0.717) is 11.1 Å². The van der Waals surface area contributed by atoms with Crippen molar-refractivity contribution in [2.24, 2.45) is 0 Å². The minimum Gasteiger partial charge on any atom is -0.461 e. The van der Waals surface area contributed by atoms with Gasteiger partial charge < -0.3 is 4.74 Å². The van der Waals surface area contributed by atoms with Crippen LogP contribution in [-0.2, 0) is 19.6 Å². The quantitative estimate of drug-likeness (QED) is 0.489. The number of hydrogen-bond acceptors (Lipinski definition) is 4. The summed E-state index contributed by atoms with van der Waals surface area (Å²) in [5.74, 6) is -0.932. The number of ether oxygens (including phenoxy) is 1. The predicted molar refractivity (Wildman–Crippen MR) is 73.9 cm³/mol. The van der Waals surface area contributed by atoms with Gasteiger partial charge in [-0.3, -0.25) is 0 Å². The van der Waals surface area contributed by atoms with Gasteiger partial charge in [-0.15, -0.1) is 0 Å². The van der Waals surface area contributed by atoms with Crippen LogP contribution in [0, 0.1) is 5.82 Å². The van der Waals surface area contributed by atoms with E-state index in [0.717, 1.165) is 6.26 Å². The first-order chi connectivity index (χ1) is 9.28. The molecule has 0 aliphatic carbocycles. The van der Waals surface area contributed by atoms with Crippen molar-refractivity contribution >= 4 is 21.6 Å². The Morgan fingerprint density at radius 1 is 1.35 bits per heavy atom. The Morgan fingerprint density at radius 2 is 1.95 bits per heavy atom. The number of benzene rings is 1. The number of nitrogens with one attached hydrogen (secondary N) is 1. The number of esters is 1. The van der Waals surface area contributed by atoms with Gasteiger partial charge in [0.25, 0.3) is 0 Å². The summed E-state index contributed by atoms with van der Waals surface area (Å²) in [7, 11) is -3.28. The van der Waals surface area contributed by atoms with E-state index in [1.807, 2.05) is 0 Å². The Labute approximate surface area is 117 Å². The predicted octanol–water partition coefficient (Wildman–Crippen LogP) is 1.32. The molecule has 0 aliphatic rings. The molecular weight excluding hydrogens is 285 g/mol. The van der Waals surface area contributed by atoms with Gasteiger partial charge in [0.1, 0.15) is 12.4 Å². The van der Waals surface area contributed by atoms with Gasteiger partial charge in [0, 0.05) is 12.6 Å². The summed E-state index contributed by atoms with van der Waals surface area (Å²) >= 11 is 0. The van der Waals surface area contributed by atoms with Crippen LogP contribution < -0.4 is 4.72 Å². The van der Waals surface area contributed by atoms with Crippen LogP contribution in [0.4, 0.5) is 4.39 Å². The van der Waals surface area contributed by atoms with Crippen molar-refractivity contribution in [2.45, 2.75) is 6.92 Å². The molecule has 0 spiro atoms. The second kappa shape index (κ2) is 7.16. The second-order valence-electron chi connectivity index (χ2n) is 4.17. The third kappa shape index (κ3) is 6.44. The maximum atomic E-state index is 12.7. The third-order valence-corrected chi connectivity index (χ3v) is 3.07. The number of rotatable bonds is 6. The number of allylic oxidation sites excluding steroid dienone is 1. The van der Waals surface area contributed by atoms with Gasteiger partial charge in [-0.1, -0.05) is 12.1 Å². The van der Waals surface area contributed by atoms with Crippen molar-refractivity contribution in [1.29, 1.82) is 0 Å². The van der Waals surface area contributed by atoms with Gasteiger partial charge >= 0.3 is 5.97 Å². The number of halogens is 1. The van der Waals surface area contributed by atoms with Crippen LogP contribution in [0.2, 0.25) is 0 Å². The zero-order valence-corrected chi connectivity index (χ0v) is 12.0. The molecule has 0 radical (unpaired) electrons. The van der Waals surface area contributed by atoms with Crippen molar-refractivity contribution in [1.82, 2.24) is 4.72 Å². The van der Waals surface area contributed by atoms with E-state index in [9.17, 15) is 17.6 Å². The standard InChI is InChI=1S/C13H16FNO4S/c1-10(11-3-5-12(14)6-4-11)9-13(16)19-8-7-15-20(2,17)18/h3-6,9,15H,7-8H2,1-2H3. The molecule has 0 aliphatic heterocycles. The van der Waals surface area contributed by atoms with Gasteiger partial charge in [0.15, 0.2) is 0 Å². The first-order valence-electron chi connectivity index (χ1n) is 5.83. The molecule has 0 heterocycles. The lowest BCUT2D eigenvalue weighted by molar-refractivity contribution is -0.137. The maximum Gasteiger partial charge on any atom is 0.331 e. The highest BCUT2D eigenvalue weighted by Crippen LogP contribution is 2.14. The van der Waals surface area contributed by atoms with E-state index in [4.69, 9.17) is 4.74 Å². The largest absolute Gasteiger partial charge is 0.461 e. The lowest BCUT2D eigenvalue weighted by Gasteiger charge is -2.04. The fraction of sp³-hybridized carbons (Fsp3) is 0.308. The van der Waals surface area contributed by atoms with E-state index in [1.165, 1.54) is 18.2 Å². The maximum absolute atomic E-state index is 12.7. The molecule has 0 unspecified atom stereocenters. The van der Waals surface area contributed by atoms with Gasteiger partial charge in [0.05, 0.1) is 6.26 Å². The van der Waals surface area contributed by atoms with Crippen LogP contribution in [0.1, 0.15) is 12.5 Å². The topological polar surface area (TPSA) is 72.5 Å². The average molecular weight is 301 g/mol. The molecular formula is C13H16FNO4S. The van der Waals surface area contributed by atoms with Gasteiger partial charge in [-0.05, 0) is 30.2 Å². The Kier molecular flexibility index (Phi) is 5.84. The van der Waals surface area contributed by atoms with Crippen molar-refractivity contribution < 1.29 is 22.3 Å². The van der Waals surface area contributed by atoms with Crippen LogP contribution in [0.25, 0.3) is 5.57 Å². The molecule has 1 rings (SSSR count). The molecule has 0 saturated carbocycles. The molecule has 1 N–H and O–H groups in total. The molecule has 1 aromatic carbocycles. The van der Waals surface area contributed by atoms with E-state index < -0.39 is 16.0 Å². The first kappa shape index (κ1) is 16.3. The number of sulfonamides is 1. The zero-order valence-electron chi connectivity index (χ0n) is 11.2. The molecule has 7 heteroatoms. The molecule has 20 heavy (non-hydrogen) atoms. The highest BCUT2D eigenvalue weighted by atomic mass is 32.2. The van der Waals surface area contributed by atoms with E-state index >= 15 is 0 Å². The van der Waals surface area contributed by atoms with Gasteiger partial charge in [0.2, 0.25) is 10.0 Å². The van der Waals surface area contributed by atoms with E-state index in [2.05, 4.69) is 4.72 Å². The Hall–Kier alpha value is -1.73. The molecule has 0 aromatic heterocycles. The summed E-state index contributed by atoms with van der Waals surface area (Å²) in [5.41, 5.74) is 1.34. The summed E-state index contributed by atoms with van der Waals surface area (Å²) in [6.07, 6.45) is 2.29. The zero-order chi connectivity index (χ0) is 15.2. The SMILES string of the molecule is CC(=CC(=O)OCCNS(C)(=O)=O)c1ccc(F)cc1. The summed E-state index contributed by atoms with van der Waals surface area (Å²) in [5, 5.41) is 0. The third-order valence-electron chi connectivity index (χ3n) is 2.34. The molecule has 0 amide bonds. The highest BCUT2D eigenvalue weighted by Gasteiger charge is 2.04. The van der Waals surface area contributed by atoms with Crippen molar-refractivity contribution in [3.8, 4) is 0 Å². The van der Waals surface area contributed by atoms with Crippen molar-refractivity contribution in [2.75, 3.05) is 19.4 Å². The number of hydrogen-bond donors (Lipinski definition) is 1. The lowest BCUT2D eigenvalue weighted by atomic mass is 10.1. The van der Waals surface area contributed by atoms with Crippen LogP contribution in [-0.4, -0.2) is 33.8 Å². The van der Waals surface area contributed by atoms with Gasteiger partial charge in [-0.2, -0.15) is 0 Å². The Balaban J connectivity index is 2.48. The molecule has 0 atom stereocenters. The van der Waals surface area contributed by atoms with Crippen LogP contribution in [0.15, 0.2) is 30.3 Å². The van der Waals surface area contributed by atoms with Crippen LogP contribution >= 0.6 is 0 Å². The Bertz CT molecular complexity index is 593. The fourth-order valence-corrected chi connectivity index (χ4v) is 1.85. The normalized spacial score (nSPS) is 12.2. The number of carbonyl (C=O) groups excluding carboxylic acids is 1. The summed E-state index contributed by atoms with van der Waals surface area (Å²) in [4.78, 5) is 11.5. The number of carbonyl (C=O) groups is 1. The Morgan fingerprint density at radius 3 is 2.50 bits per heavy atom. The first-order valence-corrected chi connectivity index (χ1v) is 7.73. The fourth-order valence-electron chi connectivity index (χ4n) is 1.39. The monoisotopic (exact) mass is 301 g/mol.